The zero-order chi connectivity index (χ0) is 10.0. The Bertz CT molecular complexity index is 178. The fourth-order valence-electron chi connectivity index (χ4n) is 2.92. The van der Waals surface area contributed by atoms with Crippen molar-refractivity contribution in [3.8, 4) is 0 Å². The van der Waals surface area contributed by atoms with Gasteiger partial charge in [-0.05, 0) is 50.4 Å². The van der Waals surface area contributed by atoms with Crippen LogP contribution in [-0.4, -0.2) is 12.6 Å². The Morgan fingerprint density at radius 1 is 1.29 bits per heavy atom. The largest absolute Gasteiger partial charge is 0.313 e. The minimum atomic E-state index is 0.670. The van der Waals surface area contributed by atoms with Crippen LogP contribution in [0.4, 0.5) is 0 Å². The van der Waals surface area contributed by atoms with Gasteiger partial charge >= 0.3 is 0 Å². The molecule has 2 aliphatic carbocycles. The summed E-state index contributed by atoms with van der Waals surface area (Å²) in [7, 11) is 0. The second kappa shape index (κ2) is 4.22. The van der Waals surface area contributed by atoms with Gasteiger partial charge in [0.25, 0.3) is 0 Å². The summed E-state index contributed by atoms with van der Waals surface area (Å²) in [6.07, 6.45) is 10.2. The highest BCUT2D eigenvalue weighted by molar-refractivity contribution is 4.89. The number of hydrogen-bond acceptors (Lipinski definition) is 1. The molecule has 0 heterocycles. The molecule has 1 atom stereocenters. The molecule has 0 amide bonds. The quantitative estimate of drug-likeness (QED) is 0.709. The van der Waals surface area contributed by atoms with Crippen LogP contribution in [0.25, 0.3) is 0 Å². The van der Waals surface area contributed by atoms with E-state index in [-0.39, 0.29) is 0 Å². The summed E-state index contributed by atoms with van der Waals surface area (Å²) >= 11 is 0. The van der Waals surface area contributed by atoms with Crippen LogP contribution < -0.4 is 5.32 Å². The van der Waals surface area contributed by atoms with Crippen molar-refractivity contribution in [2.45, 2.75) is 64.8 Å². The fourth-order valence-corrected chi connectivity index (χ4v) is 2.92. The van der Waals surface area contributed by atoms with Gasteiger partial charge in [0, 0.05) is 12.6 Å². The highest BCUT2D eigenvalue weighted by atomic mass is 14.9. The molecule has 2 saturated carbocycles. The number of hydrogen-bond donors (Lipinski definition) is 1. The smallest absolute Gasteiger partial charge is 0.00672 e. The lowest BCUT2D eigenvalue weighted by atomic mass is 9.83. The fraction of sp³-hybridized carbons (Fsp3) is 1.00. The van der Waals surface area contributed by atoms with E-state index in [1.54, 1.807) is 0 Å². The maximum atomic E-state index is 3.78. The summed E-state index contributed by atoms with van der Waals surface area (Å²) in [6, 6.07) is 0.777. The van der Waals surface area contributed by atoms with Gasteiger partial charge in [0.2, 0.25) is 0 Å². The summed E-state index contributed by atoms with van der Waals surface area (Å²) < 4.78 is 0. The van der Waals surface area contributed by atoms with Crippen molar-refractivity contribution in [1.82, 2.24) is 5.32 Å². The van der Waals surface area contributed by atoms with Crippen LogP contribution in [0.15, 0.2) is 0 Å². The molecule has 0 radical (unpaired) electrons. The Balaban J connectivity index is 1.76. The van der Waals surface area contributed by atoms with Crippen molar-refractivity contribution in [1.29, 1.82) is 0 Å². The van der Waals surface area contributed by atoms with Crippen LogP contribution in [0.1, 0.15) is 58.8 Å². The van der Waals surface area contributed by atoms with E-state index in [0.717, 1.165) is 12.0 Å². The monoisotopic (exact) mass is 195 g/mol. The van der Waals surface area contributed by atoms with Crippen molar-refractivity contribution in [3.05, 3.63) is 0 Å². The number of rotatable bonds is 5. The average Bonchev–Trinajstić information content (AvgIpc) is 2.95. The summed E-state index contributed by atoms with van der Waals surface area (Å²) in [5, 5.41) is 3.78. The molecule has 0 aliphatic heterocycles. The first-order valence-corrected chi connectivity index (χ1v) is 6.49. The van der Waals surface area contributed by atoms with Crippen molar-refractivity contribution < 1.29 is 0 Å². The first-order valence-electron chi connectivity index (χ1n) is 6.49. The molecule has 82 valence electrons. The topological polar surface area (TPSA) is 12.0 Å². The van der Waals surface area contributed by atoms with Crippen molar-refractivity contribution in [2.75, 3.05) is 6.54 Å². The van der Waals surface area contributed by atoms with E-state index in [2.05, 4.69) is 19.2 Å². The Morgan fingerprint density at radius 3 is 2.43 bits per heavy atom. The van der Waals surface area contributed by atoms with Crippen molar-refractivity contribution >= 4 is 0 Å². The molecule has 2 aliphatic rings. The molecule has 1 N–H and O–H groups in total. The standard InChI is InChI=1S/C13H25N/c1-3-13(8-4-5-9-13)10-14-11(2)12-6-7-12/h11-12,14H,3-10H2,1-2H3. The van der Waals surface area contributed by atoms with Gasteiger partial charge in [-0.2, -0.15) is 0 Å². The summed E-state index contributed by atoms with van der Waals surface area (Å²) in [5.74, 6) is 1.00. The predicted octanol–water partition coefficient (Wildman–Crippen LogP) is 3.34. The molecule has 2 rings (SSSR count). The molecule has 0 saturated heterocycles. The van der Waals surface area contributed by atoms with E-state index in [9.17, 15) is 0 Å². The van der Waals surface area contributed by atoms with Gasteiger partial charge in [0.1, 0.15) is 0 Å². The van der Waals surface area contributed by atoms with E-state index >= 15 is 0 Å². The molecule has 1 unspecified atom stereocenters. The molecule has 14 heavy (non-hydrogen) atoms. The average molecular weight is 195 g/mol. The van der Waals surface area contributed by atoms with Crippen molar-refractivity contribution in [2.24, 2.45) is 11.3 Å². The van der Waals surface area contributed by atoms with Crippen LogP contribution in [-0.2, 0) is 0 Å². The van der Waals surface area contributed by atoms with E-state index in [1.807, 2.05) is 0 Å². The lowest BCUT2D eigenvalue weighted by Crippen LogP contribution is -2.37. The molecule has 0 aromatic heterocycles. The van der Waals surface area contributed by atoms with Gasteiger partial charge in [-0.3, -0.25) is 0 Å². The minimum absolute atomic E-state index is 0.670. The third-order valence-electron chi connectivity index (χ3n) is 4.54. The van der Waals surface area contributed by atoms with E-state index in [1.165, 1.54) is 51.5 Å². The lowest BCUT2D eigenvalue weighted by Gasteiger charge is -2.29. The molecule has 0 aromatic carbocycles. The normalized spacial score (nSPS) is 27.9. The molecule has 0 spiro atoms. The highest BCUT2D eigenvalue weighted by Gasteiger charge is 2.34. The Hall–Kier alpha value is -0.0400. The first kappa shape index (κ1) is 10.5. The van der Waals surface area contributed by atoms with Crippen LogP contribution in [0.5, 0.6) is 0 Å². The van der Waals surface area contributed by atoms with Crippen molar-refractivity contribution in [3.63, 3.8) is 0 Å². The van der Waals surface area contributed by atoms with Crippen LogP contribution in [0.3, 0.4) is 0 Å². The third kappa shape index (κ3) is 2.31. The molecule has 0 bridgehead atoms. The van der Waals surface area contributed by atoms with Gasteiger partial charge in [0.15, 0.2) is 0 Å². The highest BCUT2D eigenvalue weighted by Crippen LogP contribution is 2.41. The minimum Gasteiger partial charge on any atom is -0.313 e. The van der Waals surface area contributed by atoms with Gasteiger partial charge < -0.3 is 5.32 Å². The van der Waals surface area contributed by atoms with E-state index < -0.39 is 0 Å². The molecule has 1 heteroatoms. The van der Waals surface area contributed by atoms with Crippen LogP contribution in [0, 0.1) is 11.3 Å². The van der Waals surface area contributed by atoms with E-state index in [0.29, 0.717) is 5.41 Å². The summed E-state index contributed by atoms with van der Waals surface area (Å²) in [5.41, 5.74) is 0.670. The Kier molecular flexibility index (Phi) is 3.16. The second-order valence-corrected chi connectivity index (χ2v) is 5.57. The maximum Gasteiger partial charge on any atom is 0.00672 e. The van der Waals surface area contributed by atoms with Gasteiger partial charge in [-0.15, -0.1) is 0 Å². The number of nitrogens with one attached hydrogen (secondary N) is 1. The molecular weight excluding hydrogens is 170 g/mol. The molecule has 2 fully saturated rings. The first-order chi connectivity index (χ1) is 6.76. The van der Waals surface area contributed by atoms with Gasteiger partial charge in [0.05, 0.1) is 0 Å². The summed E-state index contributed by atoms with van der Waals surface area (Å²) in [6.45, 7) is 6.02. The molecule has 0 aromatic rings. The zero-order valence-corrected chi connectivity index (χ0v) is 9.81. The van der Waals surface area contributed by atoms with E-state index in [4.69, 9.17) is 0 Å². The maximum absolute atomic E-state index is 3.78. The SMILES string of the molecule is CCC1(CNC(C)C2CC2)CCCC1. The van der Waals surface area contributed by atoms with Crippen LogP contribution in [0.2, 0.25) is 0 Å². The zero-order valence-electron chi connectivity index (χ0n) is 9.81. The molecule has 1 nitrogen and oxygen atoms in total. The second-order valence-electron chi connectivity index (χ2n) is 5.57. The van der Waals surface area contributed by atoms with Crippen LogP contribution >= 0.6 is 0 Å². The van der Waals surface area contributed by atoms with Gasteiger partial charge in [-0.1, -0.05) is 19.8 Å². The lowest BCUT2D eigenvalue weighted by molar-refractivity contribution is 0.253. The van der Waals surface area contributed by atoms with Gasteiger partial charge in [-0.25, -0.2) is 0 Å². The predicted molar refractivity (Wildman–Crippen MR) is 61.4 cm³/mol. The Morgan fingerprint density at radius 2 is 1.93 bits per heavy atom. The molecular formula is C13H25N. The Labute approximate surface area is 88.7 Å². The third-order valence-corrected chi connectivity index (χ3v) is 4.54. The summed E-state index contributed by atoms with van der Waals surface area (Å²) in [4.78, 5) is 0.